The SMILES string of the molecule is C[C@H](NC(=S)Nc1nc(Oc2ccccc2)cc(N2CCc3ccccc3C2)n1)c1ccccc1. The molecular weight excluding hydrogens is 454 g/mol. The average molecular weight is 482 g/mol. The van der Waals surface area contributed by atoms with Gasteiger partial charge in [-0.15, -0.1) is 0 Å². The highest BCUT2D eigenvalue weighted by Crippen LogP contribution is 2.28. The van der Waals surface area contributed by atoms with Crippen molar-refractivity contribution in [1.29, 1.82) is 0 Å². The van der Waals surface area contributed by atoms with Crippen LogP contribution in [0.2, 0.25) is 0 Å². The summed E-state index contributed by atoms with van der Waals surface area (Å²) < 4.78 is 6.07. The smallest absolute Gasteiger partial charge is 0.234 e. The lowest BCUT2D eigenvalue weighted by Crippen LogP contribution is -2.33. The van der Waals surface area contributed by atoms with Crippen molar-refractivity contribution in [3.05, 3.63) is 108 Å². The Bertz CT molecular complexity index is 1300. The zero-order valence-corrected chi connectivity index (χ0v) is 20.3. The van der Waals surface area contributed by atoms with Crippen LogP contribution in [-0.4, -0.2) is 21.6 Å². The lowest BCUT2D eigenvalue weighted by molar-refractivity contribution is 0.462. The summed E-state index contributed by atoms with van der Waals surface area (Å²) >= 11 is 5.58. The first kappa shape index (κ1) is 22.8. The van der Waals surface area contributed by atoms with E-state index in [-0.39, 0.29) is 6.04 Å². The third-order valence-electron chi connectivity index (χ3n) is 5.98. The molecule has 3 aromatic carbocycles. The topological polar surface area (TPSA) is 62.3 Å². The van der Waals surface area contributed by atoms with Crippen molar-refractivity contribution in [2.45, 2.75) is 25.9 Å². The molecule has 5 rings (SSSR count). The lowest BCUT2D eigenvalue weighted by atomic mass is 10.00. The maximum absolute atomic E-state index is 6.07. The van der Waals surface area contributed by atoms with E-state index in [1.165, 1.54) is 11.1 Å². The van der Waals surface area contributed by atoms with E-state index in [4.69, 9.17) is 21.9 Å². The summed E-state index contributed by atoms with van der Waals surface area (Å²) in [6, 6.07) is 30.3. The van der Waals surface area contributed by atoms with Crippen LogP contribution < -0.4 is 20.3 Å². The molecule has 0 fully saturated rings. The summed E-state index contributed by atoms with van der Waals surface area (Å²) in [6.45, 7) is 3.72. The molecule has 7 heteroatoms. The molecular formula is C28H27N5OS. The molecule has 0 aliphatic carbocycles. The van der Waals surface area contributed by atoms with Gasteiger partial charge >= 0.3 is 0 Å². The van der Waals surface area contributed by atoms with Crippen molar-refractivity contribution in [1.82, 2.24) is 15.3 Å². The van der Waals surface area contributed by atoms with E-state index >= 15 is 0 Å². The molecule has 1 aliphatic rings. The van der Waals surface area contributed by atoms with Crippen LogP contribution in [0.25, 0.3) is 0 Å². The standard InChI is InChI=1S/C28H27N5OS/c1-20(21-10-4-2-5-11-21)29-28(35)32-27-30-25(18-26(31-27)34-24-14-6-3-7-15-24)33-17-16-22-12-8-9-13-23(22)19-33/h2-15,18,20H,16-17,19H2,1H3,(H2,29,30,31,32,35)/t20-/m0/s1. The highest BCUT2D eigenvalue weighted by Gasteiger charge is 2.20. The number of anilines is 2. The van der Waals surface area contributed by atoms with Crippen LogP contribution >= 0.6 is 12.2 Å². The van der Waals surface area contributed by atoms with Gasteiger partial charge in [-0.05, 0) is 54.4 Å². The minimum absolute atomic E-state index is 0.0398. The zero-order valence-electron chi connectivity index (χ0n) is 19.5. The molecule has 176 valence electrons. The fraction of sp³-hybridized carbons (Fsp3) is 0.179. The first-order valence-corrected chi connectivity index (χ1v) is 12.1. The van der Waals surface area contributed by atoms with Crippen molar-refractivity contribution >= 4 is 29.1 Å². The van der Waals surface area contributed by atoms with E-state index in [1.807, 2.05) is 54.6 Å². The van der Waals surface area contributed by atoms with Crippen LogP contribution in [0, 0.1) is 0 Å². The van der Waals surface area contributed by atoms with Crippen molar-refractivity contribution in [2.75, 3.05) is 16.8 Å². The maximum Gasteiger partial charge on any atom is 0.234 e. The number of ether oxygens (including phenoxy) is 1. The number of hydrogen-bond donors (Lipinski definition) is 2. The van der Waals surface area contributed by atoms with Gasteiger partial charge in [0.15, 0.2) is 5.11 Å². The normalized spacial score (nSPS) is 13.5. The molecule has 6 nitrogen and oxygen atoms in total. The second kappa shape index (κ2) is 10.5. The quantitative estimate of drug-likeness (QED) is 0.334. The molecule has 1 atom stereocenters. The number of para-hydroxylation sites is 1. The Kier molecular flexibility index (Phi) is 6.86. The van der Waals surface area contributed by atoms with E-state index in [0.717, 1.165) is 30.9 Å². The number of nitrogens with one attached hydrogen (secondary N) is 2. The van der Waals surface area contributed by atoms with Crippen molar-refractivity contribution < 1.29 is 4.74 Å². The Balaban J connectivity index is 1.38. The number of benzene rings is 3. The van der Waals surface area contributed by atoms with Gasteiger partial charge in [-0.1, -0.05) is 72.8 Å². The van der Waals surface area contributed by atoms with E-state index in [9.17, 15) is 0 Å². The Morgan fingerprint density at radius 3 is 2.37 bits per heavy atom. The van der Waals surface area contributed by atoms with Crippen LogP contribution in [-0.2, 0) is 13.0 Å². The van der Waals surface area contributed by atoms with E-state index in [2.05, 4.69) is 63.8 Å². The van der Waals surface area contributed by atoms with E-state index < -0.39 is 0 Å². The van der Waals surface area contributed by atoms with Gasteiger partial charge in [0.1, 0.15) is 11.6 Å². The molecule has 0 radical (unpaired) electrons. The van der Waals surface area contributed by atoms with Gasteiger partial charge in [0.25, 0.3) is 0 Å². The number of aromatic nitrogens is 2. The highest BCUT2D eigenvalue weighted by atomic mass is 32.1. The molecule has 0 bridgehead atoms. The molecule has 2 heterocycles. The third kappa shape index (κ3) is 5.75. The molecule has 1 aliphatic heterocycles. The molecule has 0 saturated heterocycles. The molecule has 4 aromatic rings. The number of thiocarbonyl (C=S) groups is 1. The van der Waals surface area contributed by atoms with E-state index in [1.54, 1.807) is 0 Å². The summed E-state index contributed by atoms with van der Waals surface area (Å²) in [5.41, 5.74) is 3.84. The molecule has 0 spiro atoms. The van der Waals surface area contributed by atoms with Gasteiger partial charge < -0.3 is 20.3 Å². The van der Waals surface area contributed by atoms with Crippen LogP contribution in [0.4, 0.5) is 11.8 Å². The number of rotatable bonds is 6. The molecule has 35 heavy (non-hydrogen) atoms. The number of nitrogens with zero attached hydrogens (tertiary/aromatic N) is 3. The molecule has 0 amide bonds. The highest BCUT2D eigenvalue weighted by molar-refractivity contribution is 7.80. The first-order valence-electron chi connectivity index (χ1n) is 11.7. The fourth-order valence-corrected chi connectivity index (χ4v) is 4.41. The minimum atomic E-state index is 0.0398. The monoisotopic (exact) mass is 481 g/mol. The largest absolute Gasteiger partial charge is 0.439 e. The van der Waals surface area contributed by atoms with Gasteiger partial charge in [0, 0.05) is 19.2 Å². The zero-order chi connectivity index (χ0) is 24.0. The fourth-order valence-electron chi connectivity index (χ4n) is 4.14. The van der Waals surface area contributed by atoms with E-state index in [0.29, 0.717) is 22.7 Å². The van der Waals surface area contributed by atoms with Crippen molar-refractivity contribution in [2.24, 2.45) is 0 Å². The second-order valence-corrected chi connectivity index (χ2v) is 8.88. The summed E-state index contributed by atoms with van der Waals surface area (Å²) in [7, 11) is 0. The Hall–Kier alpha value is -3.97. The molecule has 1 aromatic heterocycles. The third-order valence-corrected chi connectivity index (χ3v) is 6.20. The van der Waals surface area contributed by atoms with Crippen LogP contribution in [0.1, 0.15) is 29.7 Å². The Morgan fingerprint density at radius 2 is 1.60 bits per heavy atom. The predicted molar refractivity (Wildman–Crippen MR) is 144 cm³/mol. The van der Waals surface area contributed by atoms with Gasteiger partial charge in [-0.2, -0.15) is 9.97 Å². The summed E-state index contributed by atoms with van der Waals surface area (Å²) in [5.74, 6) is 2.36. The van der Waals surface area contributed by atoms with Crippen molar-refractivity contribution in [3.63, 3.8) is 0 Å². The Morgan fingerprint density at radius 1 is 0.914 bits per heavy atom. The molecule has 0 unspecified atom stereocenters. The van der Waals surface area contributed by atoms with Gasteiger partial charge in [-0.25, -0.2) is 0 Å². The first-order chi connectivity index (χ1) is 17.1. The van der Waals surface area contributed by atoms with Gasteiger partial charge in [0.05, 0.1) is 6.04 Å². The van der Waals surface area contributed by atoms with Crippen molar-refractivity contribution in [3.8, 4) is 11.6 Å². The number of hydrogen-bond acceptors (Lipinski definition) is 5. The van der Waals surface area contributed by atoms with Crippen LogP contribution in [0.3, 0.4) is 0 Å². The van der Waals surface area contributed by atoms with Gasteiger partial charge in [0.2, 0.25) is 11.8 Å². The lowest BCUT2D eigenvalue weighted by Gasteiger charge is -2.30. The molecule has 0 saturated carbocycles. The summed E-state index contributed by atoms with van der Waals surface area (Å²) in [4.78, 5) is 11.6. The summed E-state index contributed by atoms with van der Waals surface area (Å²) in [5, 5.41) is 6.92. The van der Waals surface area contributed by atoms with Crippen LogP contribution in [0.15, 0.2) is 91.0 Å². The van der Waals surface area contributed by atoms with Gasteiger partial charge in [-0.3, -0.25) is 0 Å². The average Bonchev–Trinajstić information content (AvgIpc) is 2.89. The predicted octanol–water partition coefficient (Wildman–Crippen LogP) is 5.88. The minimum Gasteiger partial charge on any atom is -0.439 e. The molecule has 2 N–H and O–H groups in total. The Labute approximate surface area is 211 Å². The van der Waals surface area contributed by atoms with Crippen LogP contribution in [0.5, 0.6) is 11.6 Å². The number of fused-ring (bicyclic) bond motifs is 1. The summed E-state index contributed by atoms with van der Waals surface area (Å²) in [6.07, 6.45) is 0.965. The second-order valence-electron chi connectivity index (χ2n) is 8.47. The maximum atomic E-state index is 6.07.